The van der Waals surface area contributed by atoms with Gasteiger partial charge in [0.05, 0.1) is 13.7 Å². The molecule has 1 aliphatic rings. The van der Waals surface area contributed by atoms with E-state index in [0.29, 0.717) is 36.8 Å². The molecule has 0 atom stereocenters. The monoisotopic (exact) mass is 307 g/mol. The van der Waals surface area contributed by atoms with Crippen LogP contribution in [0.4, 0.5) is 0 Å². The standard InChI is InChI=1S/C17H25NO4/c1-3-22-16-11-14(7-8-15(16)20-2)17(19)18-9-4-10-21-12-13-5-6-13/h7-8,11,13H,3-6,9-10,12H2,1-2H3,(H,18,19). The number of benzene rings is 1. The molecule has 0 saturated heterocycles. The van der Waals surface area contributed by atoms with Crippen LogP contribution in [0.1, 0.15) is 36.5 Å². The van der Waals surface area contributed by atoms with Crippen molar-refractivity contribution in [3.8, 4) is 11.5 Å². The smallest absolute Gasteiger partial charge is 0.251 e. The highest BCUT2D eigenvalue weighted by molar-refractivity contribution is 5.94. The maximum atomic E-state index is 12.1. The molecule has 1 aliphatic carbocycles. The Hall–Kier alpha value is -1.75. The van der Waals surface area contributed by atoms with Gasteiger partial charge in [0.1, 0.15) is 0 Å². The van der Waals surface area contributed by atoms with Gasteiger partial charge in [0.25, 0.3) is 5.91 Å². The molecular weight excluding hydrogens is 282 g/mol. The molecule has 2 rings (SSSR count). The number of amides is 1. The first-order chi connectivity index (χ1) is 10.7. The van der Waals surface area contributed by atoms with Gasteiger partial charge in [-0.25, -0.2) is 0 Å². The van der Waals surface area contributed by atoms with Gasteiger partial charge >= 0.3 is 0 Å². The highest BCUT2D eigenvalue weighted by Gasteiger charge is 2.20. The van der Waals surface area contributed by atoms with Crippen molar-refractivity contribution in [2.24, 2.45) is 5.92 Å². The van der Waals surface area contributed by atoms with Crippen LogP contribution in [0.15, 0.2) is 18.2 Å². The SMILES string of the molecule is CCOc1cc(C(=O)NCCCOCC2CC2)ccc1OC. The maximum absolute atomic E-state index is 12.1. The number of carbonyl (C=O) groups excluding carboxylic acids is 1. The Morgan fingerprint density at radius 1 is 1.32 bits per heavy atom. The van der Waals surface area contributed by atoms with Gasteiger partial charge < -0.3 is 19.5 Å². The van der Waals surface area contributed by atoms with Gasteiger partial charge in [-0.2, -0.15) is 0 Å². The molecule has 1 aromatic carbocycles. The van der Waals surface area contributed by atoms with Crippen molar-refractivity contribution in [2.75, 3.05) is 33.5 Å². The Labute approximate surface area is 131 Å². The van der Waals surface area contributed by atoms with Crippen molar-refractivity contribution in [1.82, 2.24) is 5.32 Å². The van der Waals surface area contributed by atoms with Crippen LogP contribution in [0.5, 0.6) is 11.5 Å². The molecule has 122 valence electrons. The zero-order chi connectivity index (χ0) is 15.8. The average Bonchev–Trinajstić information content (AvgIpc) is 3.35. The van der Waals surface area contributed by atoms with E-state index in [1.54, 1.807) is 25.3 Å². The number of methoxy groups -OCH3 is 1. The lowest BCUT2D eigenvalue weighted by molar-refractivity contribution is 0.0937. The Morgan fingerprint density at radius 3 is 2.82 bits per heavy atom. The normalized spacial score (nSPS) is 13.7. The predicted octanol–water partition coefficient (Wildman–Crippen LogP) is 2.64. The van der Waals surface area contributed by atoms with Crippen molar-refractivity contribution in [2.45, 2.75) is 26.2 Å². The quantitative estimate of drug-likeness (QED) is 0.675. The fourth-order valence-corrected chi connectivity index (χ4v) is 2.10. The van der Waals surface area contributed by atoms with Crippen LogP contribution >= 0.6 is 0 Å². The van der Waals surface area contributed by atoms with E-state index in [0.717, 1.165) is 18.9 Å². The van der Waals surface area contributed by atoms with Crippen LogP contribution in [0, 0.1) is 5.92 Å². The maximum Gasteiger partial charge on any atom is 0.251 e. The van der Waals surface area contributed by atoms with Crippen molar-refractivity contribution >= 4 is 5.91 Å². The average molecular weight is 307 g/mol. The summed E-state index contributed by atoms with van der Waals surface area (Å²) in [7, 11) is 1.58. The number of hydrogen-bond donors (Lipinski definition) is 1. The van der Waals surface area contributed by atoms with Gasteiger partial charge in [-0.3, -0.25) is 4.79 Å². The van der Waals surface area contributed by atoms with Crippen LogP contribution in [0.25, 0.3) is 0 Å². The Balaban J connectivity index is 1.74. The minimum absolute atomic E-state index is 0.106. The Kier molecular flexibility index (Phi) is 6.52. The zero-order valence-electron chi connectivity index (χ0n) is 13.4. The molecule has 0 aromatic heterocycles. The third kappa shape index (κ3) is 5.22. The van der Waals surface area contributed by atoms with Gasteiger partial charge in [-0.05, 0) is 50.3 Å². The lowest BCUT2D eigenvalue weighted by Gasteiger charge is -2.11. The summed E-state index contributed by atoms with van der Waals surface area (Å²) < 4.78 is 16.2. The van der Waals surface area contributed by atoms with Gasteiger partial charge in [0.15, 0.2) is 11.5 Å². The van der Waals surface area contributed by atoms with E-state index in [1.165, 1.54) is 12.8 Å². The van der Waals surface area contributed by atoms with Crippen LogP contribution in [-0.4, -0.2) is 39.4 Å². The zero-order valence-corrected chi connectivity index (χ0v) is 13.4. The van der Waals surface area contributed by atoms with E-state index in [-0.39, 0.29) is 5.91 Å². The van der Waals surface area contributed by atoms with E-state index >= 15 is 0 Å². The second-order valence-corrected chi connectivity index (χ2v) is 5.43. The summed E-state index contributed by atoms with van der Waals surface area (Å²) in [6.45, 7) is 4.60. The highest BCUT2D eigenvalue weighted by Crippen LogP contribution is 2.29. The summed E-state index contributed by atoms with van der Waals surface area (Å²) >= 11 is 0. The first-order valence-electron chi connectivity index (χ1n) is 7.91. The van der Waals surface area contributed by atoms with E-state index < -0.39 is 0 Å². The van der Waals surface area contributed by atoms with Gasteiger partial charge in [0, 0.05) is 25.3 Å². The predicted molar refractivity (Wildman–Crippen MR) is 84.7 cm³/mol. The number of rotatable bonds is 10. The molecule has 0 spiro atoms. The largest absolute Gasteiger partial charge is 0.493 e. The highest BCUT2D eigenvalue weighted by atomic mass is 16.5. The van der Waals surface area contributed by atoms with E-state index in [1.807, 2.05) is 6.92 Å². The van der Waals surface area contributed by atoms with Crippen LogP contribution in [0.3, 0.4) is 0 Å². The van der Waals surface area contributed by atoms with Gasteiger partial charge in [0.2, 0.25) is 0 Å². The Bertz CT molecular complexity index is 486. The molecule has 0 unspecified atom stereocenters. The molecule has 0 bridgehead atoms. The van der Waals surface area contributed by atoms with E-state index in [2.05, 4.69) is 5.32 Å². The lowest BCUT2D eigenvalue weighted by Crippen LogP contribution is -2.25. The molecule has 22 heavy (non-hydrogen) atoms. The van der Waals surface area contributed by atoms with Crippen molar-refractivity contribution in [3.05, 3.63) is 23.8 Å². The van der Waals surface area contributed by atoms with Crippen LogP contribution < -0.4 is 14.8 Å². The van der Waals surface area contributed by atoms with Gasteiger partial charge in [-0.15, -0.1) is 0 Å². The number of ether oxygens (including phenoxy) is 3. The van der Waals surface area contributed by atoms with Crippen molar-refractivity contribution in [1.29, 1.82) is 0 Å². The molecule has 0 aliphatic heterocycles. The van der Waals surface area contributed by atoms with Crippen molar-refractivity contribution < 1.29 is 19.0 Å². The Morgan fingerprint density at radius 2 is 2.14 bits per heavy atom. The molecule has 1 amide bonds. The second-order valence-electron chi connectivity index (χ2n) is 5.43. The number of carbonyl (C=O) groups is 1. The molecule has 5 nitrogen and oxygen atoms in total. The molecule has 1 N–H and O–H groups in total. The minimum Gasteiger partial charge on any atom is -0.493 e. The number of nitrogens with one attached hydrogen (secondary N) is 1. The summed E-state index contributed by atoms with van der Waals surface area (Å²) in [5.41, 5.74) is 0.572. The fraction of sp³-hybridized carbons (Fsp3) is 0.588. The molecular formula is C17H25NO4. The fourth-order valence-electron chi connectivity index (χ4n) is 2.10. The molecule has 1 fully saturated rings. The third-order valence-corrected chi connectivity index (χ3v) is 3.53. The summed E-state index contributed by atoms with van der Waals surface area (Å²) in [5.74, 6) is 1.90. The van der Waals surface area contributed by atoms with Crippen LogP contribution in [-0.2, 0) is 4.74 Å². The summed E-state index contributed by atoms with van der Waals surface area (Å²) in [5, 5.41) is 2.89. The minimum atomic E-state index is -0.106. The van der Waals surface area contributed by atoms with Crippen LogP contribution in [0.2, 0.25) is 0 Å². The molecule has 0 radical (unpaired) electrons. The molecule has 5 heteroatoms. The third-order valence-electron chi connectivity index (χ3n) is 3.53. The van der Waals surface area contributed by atoms with Gasteiger partial charge in [-0.1, -0.05) is 0 Å². The van der Waals surface area contributed by atoms with Crippen molar-refractivity contribution in [3.63, 3.8) is 0 Å². The van der Waals surface area contributed by atoms with E-state index in [4.69, 9.17) is 14.2 Å². The second kappa shape index (κ2) is 8.63. The molecule has 1 aromatic rings. The first kappa shape index (κ1) is 16.6. The topological polar surface area (TPSA) is 56.8 Å². The summed E-state index contributed by atoms with van der Waals surface area (Å²) in [4.78, 5) is 12.1. The summed E-state index contributed by atoms with van der Waals surface area (Å²) in [6.07, 6.45) is 3.43. The van der Waals surface area contributed by atoms with E-state index in [9.17, 15) is 4.79 Å². The molecule has 0 heterocycles. The summed E-state index contributed by atoms with van der Waals surface area (Å²) in [6, 6.07) is 5.19. The first-order valence-corrected chi connectivity index (χ1v) is 7.91. The number of hydrogen-bond acceptors (Lipinski definition) is 4. The lowest BCUT2D eigenvalue weighted by atomic mass is 10.2. The molecule has 1 saturated carbocycles.